The van der Waals surface area contributed by atoms with E-state index in [9.17, 15) is 26.7 Å². The number of benzene rings is 1. The first-order valence-corrected chi connectivity index (χ1v) is 8.60. The van der Waals surface area contributed by atoms with Gasteiger partial charge < -0.3 is 15.2 Å². The van der Waals surface area contributed by atoms with Crippen molar-refractivity contribution in [3.05, 3.63) is 48.3 Å². The molecule has 2 aromatic rings. The Bertz CT molecular complexity index is 914. The van der Waals surface area contributed by atoms with Gasteiger partial charge in [0.05, 0.1) is 11.3 Å². The number of alkyl halides is 3. The highest BCUT2D eigenvalue weighted by Crippen LogP contribution is 2.32. The molecule has 11 heteroatoms. The van der Waals surface area contributed by atoms with Crippen LogP contribution < -0.4 is 10.4 Å². The van der Waals surface area contributed by atoms with Crippen molar-refractivity contribution in [2.75, 3.05) is 11.9 Å². The second-order valence-electron chi connectivity index (χ2n) is 4.84. The lowest BCUT2D eigenvalue weighted by Gasteiger charge is -2.14. The van der Waals surface area contributed by atoms with E-state index < -0.39 is 32.7 Å². The maximum Gasteiger partial charge on any atom is 0.416 e. The van der Waals surface area contributed by atoms with Crippen LogP contribution in [-0.2, 0) is 20.9 Å². The lowest BCUT2D eigenvalue weighted by Crippen LogP contribution is -2.23. The first kappa shape index (κ1) is 19.5. The third kappa shape index (κ3) is 4.85. The smallest absolute Gasteiger partial charge is 0.416 e. The molecule has 0 aliphatic heterocycles. The van der Waals surface area contributed by atoms with Gasteiger partial charge in [-0.15, -0.1) is 4.40 Å². The number of hydrogen-bond acceptors (Lipinski definition) is 6. The van der Waals surface area contributed by atoms with Gasteiger partial charge in [-0.25, -0.2) is 0 Å². The summed E-state index contributed by atoms with van der Waals surface area (Å²) in [5.74, 6) is 0. The zero-order valence-electron chi connectivity index (χ0n) is 13.3. The van der Waals surface area contributed by atoms with Gasteiger partial charge in [0.25, 0.3) is 10.0 Å². The molecule has 0 unspecified atom stereocenters. The molecule has 140 valence electrons. The highest BCUT2D eigenvalue weighted by Gasteiger charge is 2.30. The summed E-state index contributed by atoms with van der Waals surface area (Å²) in [4.78, 5) is 3.17. The first-order valence-electron chi connectivity index (χ1n) is 7.16. The Morgan fingerprint density at radius 1 is 1.35 bits per heavy atom. The normalized spacial score (nSPS) is 12.7. The quantitative estimate of drug-likeness (QED) is 0.623. The summed E-state index contributed by atoms with van der Waals surface area (Å²) in [6.45, 7) is 1.41. The topological polar surface area (TPSA) is 104 Å². The van der Waals surface area contributed by atoms with E-state index in [1.165, 1.54) is 31.3 Å². The zero-order chi connectivity index (χ0) is 19.4. The van der Waals surface area contributed by atoms with E-state index in [4.69, 9.17) is 0 Å². The first-order chi connectivity index (χ1) is 12.1. The van der Waals surface area contributed by atoms with E-state index in [1.807, 2.05) is 0 Å². The SMILES string of the molecule is CCOC([O-])=NS(=O)(=O)c1cnccc1Nc1cccc(C(F)(F)F)c1. The zero-order valence-corrected chi connectivity index (χ0v) is 14.1. The van der Waals surface area contributed by atoms with Crippen LogP contribution in [0.2, 0.25) is 0 Å². The minimum absolute atomic E-state index is 0.00129. The fraction of sp³-hybridized carbons (Fsp3) is 0.200. The Labute approximate surface area is 147 Å². The summed E-state index contributed by atoms with van der Waals surface area (Å²) >= 11 is 0. The van der Waals surface area contributed by atoms with Crippen molar-refractivity contribution in [1.82, 2.24) is 4.98 Å². The Morgan fingerprint density at radius 3 is 2.73 bits per heavy atom. The summed E-state index contributed by atoms with van der Waals surface area (Å²) in [6.07, 6.45) is -3.70. The molecule has 26 heavy (non-hydrogen) atoms. The monoisotopic (exact) mass is 388 g/mol. The maximum absolute atomic E-state index is 12.8. The van der Waals surface area contributed by atoms with Crippen molar-refractivity contribution in [1.29, 1.82) is 0 Å². The number of pyridine rings is 1. The minimum Gasteiger partial charge on any atom is -0.600 e. The average molecular weight is 388 g/mol. The second-order valence-corrected chi connectivity index (χ2v) is 6.41. The van der Waals surface area contributed by atoms with Crippen molar-refractivity contribution >= 4 is 27.5 Å². The lowest BCUT2D eigenvalue weighted by molar-refractivity contribution is -0.249. The number of ether oxygens (including phenoxy) is 1. The van der Waals surface area contributed by atoms with E-state index in [1.54, 1.807) is 0 Å². The third-order valence-corrected chi connectivity index (χ3v) is 4.26. The van der Waals surface area contributed by atoms with Crippen molar-refractivity contribution < 1.29 is 31.4 Å². The summed E-state index contributed by atoms with van der Waals surface area (Å²) in [5.41, 5.74) is -0.997. The van der Waals surface area contributed by atoms with Crippen LogP contribution in [0.5, 0.6) is 0 Å². The van der Waals surface area contributed by atoms with Gasteiger partial charge in [-0.3, -0.25) is 4.98 Å². The van der Waals surface area contributed by atoms with E-state index in [0.29, 0.717) is 0 Å². The predicted molar refractivity (Wildman–Crippen MR) is 85.2 cm³/mol. The van der Waals surface area contributed by atoms with Gasteiger partial charge in [-0.1, -0.05) is 13.0 Å². The van der Waals surface area contributed by atoms with Gasteiger partial charge in [-0.05, 0) is 30.9 Å². The van der Waals surface area contributed by atoms with Crippen molar-refractivity contribution in [3.8, 4) is 0 Å². The molecule has 2 rings (SSSR count). The molecular weight excluding hydrogens is 375 g/mol. The molecule has 1 aromatic heterocycles. The van der Waals surface area contributed by atoms with Crippen LogP contribution in [0.15, 0.2) is 52.0 Å². The summed E-state index contributed by atoms with van der Waals surface area (Å²) in [7, 11) is -4.47. The number of rotatable bonds is 5. The van der Waals surface area contributed by atoms with Crippen LogP contribution in [0.25, 0.3) is 0 Å². The van der Waals surface area contributed by atoms with Gasteiger partial charge in [0.1, 0.15) is 4.90 Å². The molecule has 0 spiro atoms. The molecule has 0 aliphatic rings. The number of nitrogens with zero attached hydrogens (tertiary/aromatic N) is 2. The molecule has 0 fully saturated rings. The van der Waals surface area contributed by atoms with Crippen LogP contribution in [0.4, 0.5) is 24.5 Å². The Kier molecular flexibility index (Phi) is 5.70. The standard InChI is InChI=1S/C15H14F3N3O4S/c1-2-25-14(22)21-26(23,24)13-9-19-7-6-12(13)20-11-5-3-4-10(8-11)15(16,17)18/h3-9H,2H2,1H3,(H,19,20)(H,21,22)/p-1. The van der Waals surface area contributed by atoms with Gasteiger partial charge in [0.15, 0.2) is 6.08 Å². The van der Waals surface area contributed by atoms with Crippen molar-refractivity contribution in [2.45, 2.75) is 18.0 Å². The molecule has 0 aliphatic carbocycles. The summed E-state index contributed by atoms with van der Waals surface area (Å²) in [5, 5.41) is 13.9. The number of aromatic nitrogens is 1. The fourth-order valence-electron chi connectivity index (χ4n) is 1.91. The van der Waals surface area contributed by atoms with Crippen LogP contribution in [0, 0.1) is 0 Å². The van der Waals surface area contributed by atoms with Crippen LogP contribution >= 0.6 is 0 Å². The molecule has 1 aromatic carbocycles. The Morgan fingerprint density at radius 2 is 2.08 bits per heavy atom. The largest absolute Gasteiger partial charge is 0.600 e. The van der Waals surface area contributed by atoms with Gasteiger partial charge in [-0.2, -0.15) is 21.6 Å². The van der Waals surface area contributed by atoms with E-state index >= 15 is 0 Å². The highest BCUT2D eigenvalue weighted by molar-refractivity contribution is 7.90. The molecule has 0 saturated carbocycles. The van der Waals surface area contributed by atoms with Gasteiger partial charge >= 0.3 is 6.18 Å². The number of halogens is 3. The van der Waals surface area contributed by atoms with Gasteiger partial charge in [0, 0.05) is 18.1 Å². The molecular formula is C15H13F3N3O4S-. The fourth-order valence-corrected chi connectivity index (χ4v) is 2.85. The highest BCUT2D eigenvalue weighted by atomic mass is 32.2. The number of sulfonamides is 1. The van der Waals surface area contributed by atoms with E-state index in [2.05, 4.69) is 19.4 Å². The molecule has 1 heterocycles. The van der Waals surface area contributed by atoms with Gasteiger partial charge in [0.2, 0.25) is 0 Å². The van der Waals surface area contributed by atoms with Crippen LogP contribution in [-0.4, -0.2) is 26.1 Å². The van der Waals surface area contributed by atoms with E-state index in [0.717, 1.165) is 18.3 Å². The second kappa shape index (κ2) is 7.60. The molecule has 0 saturated heterocycles. The molecule has 0 bridgehead atoms. The molecule has 0 atom stereocenters. The average Bonchev–Trinajstić information content (AvgIpc) is 2.54. The molecule has 7 nitrogen and oxygen atoms in total. The predicted octanol–water partition coefficient (Wildman–Crippen LogP) is 2.29. The molecule has 1 N–H and O–H groups in total. The molecule has 0 amide bonds. The van der Waals surface area contributed by atoms with Crippen LogP contribution in [0.3, 0.4) is 0 Å². The van der Waals surface area contributed by atoms with Crippen LogP contribution in [0.1, 0.15) is 12.5 Å². The lowest BCUT2D eigenvalue weighted by atomic mass is 10.2. The van der Waals surface area contributed by atoms with Crippen molar-refractivity contribution in [2.24, 2.45) is 4.40 Å². The Hall–Kier alpha value is -2.82. The van der Waals surface area contributed by atoms with E-state index in [-0.39, 0.29) is 18.0 Å². The number of anilines is 2. The summed E-state index contributed by atoms with van der Waals surface area (Å²) < 4.78 is 70.3. The Balaban J connectivity index is 2.41. The maximum atomic E-state index is 12.8. The minimum atomic E-state index is -4.55. The van der Waals surface area contributed by atoms with Crippen molar-refractivity contribution in [3.63, 3.8) is 0 Å². The number of hydrogen-bond donors (Lipinski definition) is 1. The number of nitrogens with one attached hydrogen (secondary N) is 1. The summed E-state index contributed by atoms with van der Waals surface area (Å²) in [6, 6.07) is 5.43. The molecule has 0 radical (unpaired) electrons. The third-order valence-electron chi connectivity index (χ3n) is 2.99.